The van der Waals surface area contributed by atoms with Gasteiger partial charge in [-0.2, -0.15) is 0 Å². The minimum atomic E-state index is 0.781. The highest BCUT2D eigenvalue weighted by atomic mass is 35.5. The maximum absolute atomic E-state index is 5.95. The zero-order valence-corrected chi connectivity index (χ0v) is 9.78. The molecule has 1 aromatic heterocycles. The summed E-state index contributed by atoms with van der Waals surface area (Å²) in [4.78, 5) is 3.36. The maximum Gasteiger partial charge on any atom is 0.0473 e. The summed E-state index contributed by atoms with van der Waals surface area (Å²) in [5.74, 6) is 0. The second kappa shape index (κ2) is 4.25. The van der Waals surface area contributed by atoms with Gasteiger partial charge in [-0.05, 0) is 44.6 Å². The smallest absolute Gasteiger partial charge is 0.0473 e. The van der Waals surface area contributed by atoms with Crippen molar-refractivity contribution in [1.82, 2.24) is 10.3 Å². The predicted molar refractivity (Wildman–Crippen MR) is 65.7 cm³/mol. The van der Waals surface area contributed by atoms with Gasteiger partial charge in [-0.3, -0.25) is 0 Å². The Kier molecular flexibility index (Phi) is 2.98. The highest BCUT2D eigenvalue weighted by Gasteiger charge is 2.07. The first kappa shape index (κ1) is 10.5. The van der Waals surface area contributed by atoms with Crippen LogP contribution in [0.25, 0.3) is 10.9 Å². The first-order valence-electron chi connectivity index (χ1n) is 5.13. The van der Waals surface area contributed by atoms with Gasteiger partial charge in [-0.1, -0.05) is 17.7 Å². The molecule has 0 fully saturated rings. The molecule has 0 aliphatic heterocycles. The molecule has 0 aliphatic rings. The average molecular weight is 223 g/mol. The average Bonchev–Trinajstić information content (AvgIpc) is 2.50. The Morgan fingerprint density at radius 3 is 2.93 bits per heavy atom. The van der Waals surface area contributed by atoms with Crippen LogP contribution >= 0.6 is 11.6 Å². The van der Waals surface area contributed by atoms with Crippen molar-refractivity contribution in [3.05, 3.63) is 34.5 Å². The molecule has 0 bridgehead atoms. The molecule has 0 saturated heterocycles. The van der Waals surface area contributed by atoms with Crippen molar-refractivity contribution < 1.29 is 0 Å². The van der Waals surface area contributed by atoms with Gasteiger partial charge < -0.3 is 10.3 Å². The van der Waals surface area contributed by atoms with Gasteiger partial charge in [0.2, 0.25) is 0 Å². The molecule has 15 heavy (non-hydrogen) atoms. The number of hydrogen-bond acceptors (Lipinski definition) is 1. The SMILES string of the molecule is CNCCc1c(C)[nH]c2cc(Cl)ccc12. The van der Waals surface area contributed by atoms with Crippen LogP contribution in [0.3, 0.4) is 0 Å². The van der Waals surface area contributed by atoms with Gasteiger partial charge in [0, 0.05) is 21.6 Å². The molecule has 2 rings (SSSR count). The fraction of sp³-hybridized carbons (Fsp3) is 0.333. The quantitative estimate of drug-likeness (QED) is 0.821. The lowest BCUT2D eigenvalue weighted by Gasteiger charge is -2.00. The van der Waals surface area contributed by atoms with E-state index in [4.69, 9.17) is 11.6 Å². The Balaban J connectivity index is 2.48. The molecular weight excluding hydrogens is 208 g/mol. The Morgan fingerprint density at radius 2 is 2.20 bits per heavy atom. The van der Waals surface area contributed by atoms with E-state index in [-0.39, 0.29) is 0 Å². The maximum atomic E-state index is 5.95. The summed E-state index contributed by atoms with van der Waals surface area (Å²) >= 11 is 5.95. The Labute approximate surface area is 94.6 Å². The lowest BCUT2D eigenvalue weighted by molar-refractivity contribution is 0.791. The van der Waals surface area contributed by atoms with Crippen molar-refractivity contribution in [2.75, 3.05) is 13.6 Å². The van der Waals surface area contributed by atoms with Crippen LogP contribution in [0.2, 0.25) is 5.02 Å². The van der Waals surface area contributed by atoms with E-state index in [1.54, 1.807) is 0 Å². The lowest BCUT2D eigenvalue weighted by Crippen LogP contribution is -2.10. The standard InChI is InChI=1S/C12H15ClN2/c1-8-10(5-6-14-2)11-4-3-9(13)7-12(11)15-8/h3-4,7,14-15H,5-6H2,1-2H3. The van der Waals surface area contributed by atoms with E-state index in [1.807, 2.05) is 19.2 Å². The molecule has 2 aromatic rings. The fourth-order valence-electron chi connectivity index (χ4n) is 1.93. The van der Waals surface area contributed by atoms with Crippen molar-refractivity contribution in [2.24, 2.45) is 0 Å². The third-order valence-electron chi connectivity index (χ3n) is 2.71. The Bertz CT molecular complexity index is 474. The zero-order chi connectivity index (χ0) is 10.8. The lowest BCUT2D eigenvalue weighted by atomic mass is 10.1. The van der Waals surface area contributed by atoms with Crippen LogP contribution in [-0.4, -0.2) is 18.6 Å². The molecule has 3 heteroatoms. The fourth-order valence-corrected chi connectivity index (χ4v) is 2.11. The number of aromatic nitrogens is 1. The van der Waals surface area contributed by atoms with Gasteiger partial charge >= 0.3 is 0 Å². The van der Waals surface area contributed by atoms with Crippen LogP contribution in [0.4, 0.5) is 0 Å². The minimum absolute atomic E-state index is 0.781. The molecule has 1 heterocycles. The van der Waals surface area contributed by atoms with Crippen molar-refractivity contribution >= 4 is 22.5 Å². The highest BCUT2D eigenvalue weighted by Crippen LogP contribution is 2.25. The van der Waals surface area contributed by atoms with Crippen LogP contribution < -0.4 is 5.32 Å². The minimum Gasteiger partial charge on any atom is -0.358 e. The molecule has 80 valence electrons. The molecule has 0 amide bonds. The van der Waals surface area contributed by atoms with E-state index in [0.717, 1.165) is 23.5 Å². The van der Waals surface area contributed by atoms with E-state index in [1.165, 1.54) is 16.6 Å². The second-order valence-corrected chi connectivity index (χ2v) is 4.21. The summed E-state index contributed by atoms with van der Waals surface area (Å²) in [6.07, 6.45) is 1.05. The number of aryl methyl sites for hydroxylation is 1. The summed E-state index contributed by atoms with van der Waals surface area (Å²) in [6, 6.07) is 6.01. The Hall–Kier alpha value is -0.990. The van der Waals surface area contributed by atoms with Gasteiger partial charge in [-0.15, -0.1) is 0 Å². The molecule has 0 unspecified atom stereocenters. The summed E-state index contributed by atoms with van der Waals surface area (Å²) in [7, 11) is 1.97. The molecule has 0 spiro atoms. The molecule has 1 aromatic carbocycles. The molecular formula is C12H15ClN2. The van der Waals surface area contributed by atoms with Gasteiger partial charge in [0.15, 0.2) is 0 Å². The summed E-state index contributed by atoms with van der Waals surface area (Å²) in [6.45, 7) is 3.11. The number of rotatable bonds is 3. The van der Waals surface area contributed by atoms with Gasteiger partial charge in [-0.25, -0.2) is 0 Å². The predicted octanol–water partition coefficient (Wildman–Crippen LogP) is 2.89. The zero-order valence-electron chi connectivity index (χ0n) is 9.02. The number of halogens is 1. The monoisotopic (exact) mass is 222 g/mol. The molecule has 0 aliphatic carbocycles. The molecule has 0 saturated carbocycles. The summed E-state index contributed by atoms with van der Waals surface area (Å²) in [5, 5.41) is 5.24. The number of H-pyrrole nitrogens is 1. The van der Waals surface area contributed by atoms with E-state index >= 15 is 0 Å². The number of likely N-dealkylation sites (N-methyl/N-ethyl adjacent to an activating group) is 1. The van der Waals surface area contributed by atoms with Gasteiger partial charge in [0.25, 0.3) is 0 Å². The van der Waals surface area contributed by atoms with Gasteiger partial charge in [0.1, 0.15) is 0 Å². The van der Waals surface area contributed by atoms with E-state index in [0.29, 0.717) is 0 Å². The topological polar surface area (TPSA) is 27.8 Å². The van der Waals surface area contributed by atoms with Crippen LogP contribution in [0.1, 0.15) is 11.3 Å². The van der Waals surface area contributed by atoms with E-state index in [2.05, 4.69) is 23.3 Å². The van der Waals surface area contributed by atoms with Crippen LogP contribution in [0.5, 0.6) is 0 Å². The molecule has 2 N–H and O–H groups in total. The first-order valence-corrected chi connectivity index (χ1v) is 5.51. The van der Waals surface area contributed by atoms with E-state index < -0.39 is 0 Å². The van der Waals surface area contributed by atoms with Crippen LogP contribution in [0.15, 0.2) is 18.2 Å². The third kappa shape index (κ3) is 2.01. The van der Waals surface area contributed by atoms with Crippen LogP contribution in [0, 0.1) is 6.92 Å². The number of nitrogens with one attached hydrogen (secondary N) is 2. The summed E-state index contributed by atoms with van der Waals surface area (Å²) in [5.41, 5.74) is 3.75. The number of aromatic amines is 1. The first-order chi connectivity index (χ1) is 7.22. The number of benzene rings is 1. The summed E-state index contributed by atoms with van der Waals surface area (Å²) < 4.78 is 0. The molecule has 0 atom stereocenters. The highest BCUT2D eigenvalue weighted by molar-refractivity contribution is 6.31. The van der Waals surface area contributed by atoms with Crippen molar-refractivity contribution in [3.63, 3.8) is 0 Å². The molecule has 2 nitrogen and oxygen atoms in total. The number of hydrogen-bond donors (Lipinski definition) is 2. The van der Waals surface area contributed by atoms with Crippen LogP contribution in [-0.2, 0) is 6.42 Å². The van der Waals surface area contributed by atoms with Crippen molar-refractivity contribution in [3.8, 4) is 0 Å². The normalized spacial score (nSPS) is 11.1. The largest absolute Gasteiger partial charge is 0.358 e. The van der Waals surface area contributed by atoms with Crippen molar-refractivity contribution in [1.29, 1.82) is 0 Å². The molecule has 0 radical (unpaired) electrons. The second-order valence-electron chi connectivity index (χ2n) is 3.77. The van der Waals surface area contributed by atoms with Gasteiger partial charge in [0.05, 0.1) is 0 Å². The Morgan fingerprint density at radius 1 is 1.40 bits per heavy atom. The van der Waals surface area contributed by atoms with E-state index in [9.17, 15) is 0 Å². The van der Waals surface area contributed by atoms with Crippen molar-refractivity contribution in [2.45, 2.75) is 13.3 Å². The third-order valence-corrected chi connectivity index (χ3v) is 2.94. The number of fused-ring (bicyclic) bond motifs is 1.